The van der Waals surface area contributed by atoms with E-state index in [1.807, 2.05) is 48.5 Å². The predicted octanol–water partition coefficient (Wildman–Crippen LogP) is 2.34. The van der Waals surface area contributed by atoms with Gasteiger partial charge in [0.2, 0.25) is 0 Å². The summed E-state index contributed by atoms with van der Waals surface area (Å²) in [5.74, 6) is 5.51. The van der Waals surface area contributed by atoms with E-state index in [-0.39, 0.29) is 0 Å². The fraction of sp³-hybridized carbons (Fsp3) is 0.0667. The van der Waals surface area contributed by atoms with Crippen LogP contribution in [0.25, 0.3) is 0 Å². The molecule has 2 aromatic rings. The average molecular weight is 250 g/mol. The quantitative estimate of drug-likeness (QED) is 0.496. The van der Waals surface area contributed by atoms with Crippen LogP contribution >= 0.6 is 0 Å². The normalized spacial score (nSPS) is 16.0. The average Bonchev–Trinajstić information content (AvgIpc) is 2.46. The molecule has 0 saturated carbocycles. The summed E-state index contributed by atoms with van der Waals surface area (Å²) >= 11 is 0. The van der Waals surface area contributed by atoms with Gasteiger partial charge in [0.05, 0.1) is 5.71 Å². The highest BCUT2D eigenvalue weighted by molar-refractivity contribution is 6.53. The Morgan fingerprint density at radius 3 is 2.47 bits per heavy atom. The van der Waals surface area contributed by atoms with Gasteiger partial charge in [0.15, 0.2) is 0 Å². The van der Waals surface area contributed by atoms with Crippen LogP contribution in [-0.4, -0.2) is 11.4 Å². The van der Waals surface area contributed by atoms with Gasteiger partial charge in [-0.15, -0.1) is 0 Å². The Labute approximate surface area is 111 Å². The van der Waals surface area contributed by atoms with Crippen LogP contribution in [0.4, 0.5) is 5.69 Å². The first-order valence-corrected chi connectivity index (χ1v) is 6.09. The topological polar surface area (TPSA) is 74.3 Å². The lowest BCUT2D eigenvalue weighted by Crippen LogP contribution is -2.24. The molecule has 0 unspecified atom stereocenters. The van der Waals surface area contributed by atoms with Crippen LogP contribution in [0.2, 0.25) is 0 Å². The smallest absolute Gasteiger partial charge is 0.116 e. The maximum atomic E-state index is 8.35. The number of nitrogens with two attached hydrogens (primary N) is 1. The lowest BCUT2D eigenvalue weighted by Gasteiger charge is -2.20. The van der Waals surface area contributed by atoms with Crippen molar-refractivity contribution in [2.75, 3.05) is 5.32 Å². The molecule has 1 heterocycles. The fourth-order valence-corrected chi connectivity index (χ4v) is 2.35. The zero-order valence-corrected chi connectivity index (χ0v) is 10.4. The van der Waals surface area contributed by atoms with Gasteiger partial charge in [0.25, 0.3) is 0 Å². The van der Waals surface area contributed by atoms with Crippen molar-refractivity contribution >= 4 is 17.1 Å². The SMILES string of the molecule is N=C1C(=NN)c2ccccc2CNc2ccccc21. The molecule has 0 radical (unpaired) electrons. The van der Waals surface area contributed by atoms with Gasteiger partial charge in [0.1, 0.15) is 5.71 Å². The van der Waals surface area contributed by atoms with Crippen molar-refractivity contribution in [3.63, 3.8) is 0 Å². The van der Waals surface area contributed by atoms with Crippen LogP contribution in [0, 0.1) is 5.41 Å². The molecular weight excluding hydrogens is 236 g/mol. The Kier molecular flexibility index (Phi) is 2.76. The minimum absolute atomic E-state index is 0.345. The van der Waals surface area contributed by atoms with Crippen molar-refractivity contribution in [1.29, 1.82) is 5.41 Å². The van der Waals surface area contributed by atoms with Gasteiger partial charge >= 0.3 is 0 Å². The maximum absolute atomic E-state index is 8.35. The molecule has 2 aromatic carbocycles. The molecule has 19 heavy (non-hydrogen) atoms. The second-order valence-corrected chi connectivity index (χ2v) is 4.41. The summed E-state index contributed by atoms with van der Waals surface area (Å²) < 4.78 is 0. The van der Waals surface area contributed by atoms with Crippen molar-refractivity contribution in [3.05, 3.63) is 65.2 Å². The number of nitrogens with zero attached hydrogens (tertiary/aromatic N) is 1. The lowest BCUT2D eigenvalue weighted by molar-refractivity contribution is 1.13. The third-order valence-corrected chi connectivity index (χ3v) is 3.30. The van der Waals surface area contributed by atoms with Crippen LogP contribution in [0.1, 0.15) is 16.7 Å². The summed E-state index contributed by atoms with van der Waals surface area (Å²) in [6, 6.07) is 15.6. The van der Waals surface area contributed by atoms with Gasteiger partial charge in [-0.25, -0.2) is 0 Å². The van der Waals surface area contributed by atoms with Gasteiger partial charge in [-0.1, -0.05) is 42.5 Å². The van der Waals surface area contributed by atoms with Crippen molar-refractivity contribution in [2.24, 2.45) is 10.9 Å². The Morgan fingerprint density at radius 2 is 1.68 bits per heavy atom. The molecular formula is C15H14N4. The molecule has 4 nitrogen and oxygen atoms in total. The molecule has 1 aliphatic rings. The third-order valence-electron chi connectivity index (χ3n) is 3.30. The van der Waals surface area contributed by atoms with E-state index in [1.165, 1.54) is 0 Å². The predicted molar refractivity (Wildman–Crippen MR) is 77.8 cm³/mol. The highest BCUT2D eigenvalue weighted by atomic mass is 15.1. The minimum Gasteiger partial charge on any atom is -0.380 e. The zero-order chi connectivity index (χ0) is 13.2. The highest BCUT2D eigenvalue weighted by Crippen LogP contribution is 2.23. The molecule has 94 valence electrons. The molecule has 0 bridgehead atoms. The van der Waals surface area contributed by atoms with Crippen molar-refractivity contribution in [3.8, 4) is 0 Å². The molecule has 0 aliphatic carbocycles. The number of hydrogen-bond donors (Lipinski definition) is 3. The molecule has 0 amide bonds. The Morgan fingerprint density at radius 1 is 1.00 bits per heavy atom. The number of para-hydroxylation sites is 1. The van der Waals surface area contributed by atoms with E-state index in [2.05, 4.69) is 10.4 Å². The van der Waals surface area contributed by atoms with Gasteiger partial charge in [-0.2, -0.15) is 5.10 Å². The number of rotatable bonds is 0. The summed E-state index contributed by atoms with van der Waals surface area (Å²) in [5, 5.41) is 15.5. The van der Waals surface area contributed by atoms with Crippen LogP contribution in [0.5, 0.6) is 0 Å². The molecule has 0 fully saturated rings. The third kappa shape index (κ3) is 1.87. The first kappa shape index (κ1) is 11.5. The van der Waals surface area contributed by atoms with Gasteiger partial charge in [-0.3, -0.25) is 5.41 Å². The first-order chi connectivity index (χ1) is 9.31. The maximum Gasteiger partial charge on any atom is 0.116 e. The minimum atomic E-state index is 0.345. The van der Waals surface area contributed by atoms with E-state index < -0.39 is 0 Å². The molecule has 0 spiro atoms. The summed E-state index contributed by atoms with van der Waals surface area (Å²) in [7, 11) is 0. The van der Waals surface area contributed by atoms with Crippen LogP contribution in [0.15, 0.2) is 53.6 Å². The second-order valence-electron chi connectivity index (χ2n) is 4.41. The number of nitrogens with one attached hydrogen (secondary N) is 2. The molecule has 0 saturated heterocycles. The van der Waals surface area contributed by atoms with E-state index in [0.29, 0.717) is 18.0 Å². The van der Waals surface area contributed by atoms with Crippen molar-refractivity contribution in [1.82, 2.24) is 0 Å². The van der Waals surface area contributed by atoms with Crippen LogP contribution < -0.4 is 11.2 Å². The first-order valence-electron chi connectivity index (χ1n) is 6.09. The fourth-order valence-electron chi connectivity index (χ4n) is 2.35. The van der Waals surface area contributed by atoms with Crippen molar-refractivity contribution in [2.45, 2.75) is 6.54 Å². The Balaban J connectivity index is 2.21. The standard InChI is InChI=1S/C15H14N4/c16-14-12-7-3-4-8-13(12)18-9-10-5-1-2-6-11(10)15(14)19-17/h1-8,16,18H,9,17H2. The van der Waals surface area contributed by atoms with E-state index in [4.69, 9.17) is 11.3 Å². The number of fused-ring (bicyclic) bond motifs is 2. The highest BCUT2D eigenvalue weighted by Gasteiger charge is 2.20. The molecule has 1 aliphatic heterocycles. The molecule has 0 atom stereocenters. The second kappa shape index (κ2) is 4.57. The summed E-state index contributed by atoms with van der Waals surface area (Å²) in [6.07, 6.45) is 0. The van der Waals surface area contributed by atoms with E-state index in [0.717, 1.165) is 22.4 Å². The number of hydrazone groups is 1. The lowest BCUT2D eigenvalue weighted by atomic mass is 9.93. The molecule has 4 heteroatoms. The summed E-state index contributed by atoms with van der Waals surface area (Å²) in [4.78, 5) is 0. The Hall–Kier alpha value is -2.62. The monoisotopic (exact) mass is 250 g/mol. The number of benzene rings is 2. The Bertz CT molecular complexity index is 673. The molecule has 4 N–H and O–H groups in total. The molecule has 3 rings (SSSR count). The van der Waals surface area contributed by atoms with E-state index >= 15 is 0 Å². The van der Waals surface area contributed by atoms with Crippen LogP contribution in [0.3, 0.4) is 0 Å². The van der Waals surface area contributed by atoms with Gasteiger partial charge in [0, 0.05) is 23.4 Å². The van der Waals surface area contributed by atoms with Crippen molar-refractivity contribution < 1.29 is 0 Å². The van der Waals surface area contributed by atoms with E-state index in [9.17, 15) is 0 Å². The number of anilines is 1. The van der Waals surface area contributed by atoms with Crippen LogP contribution in [-0.2, 0) is 6.54 Å². The summed E-state index contributed by atoms with van der Waals surface area (Å²) in [6.45, 7) is 0.694. The number of hydrogen-bond acceptors (Lipinski definition) is 4. The van der Waals surface area contributed by atoms with Gasteiger partial charge in [-0.05, 0) is 11.6 Å². The van der Waals surface area contributed by atoms with E-state index in [1.54, 1.807) is 0 Å². The largest absolute Gasteiger partial charge is 0.380 e. The zero-order valence-electron chi connectivity index (χ0n) is 10.4. The summed E-state index contributed by atoms with van der Waals surface area (Å²) in [5.41, 5.74) is 4.63. The molecule has 0 aromatic heterocycles. The van der Waals surface area contributed by atoms with Gasteiger partial charge < -0.3 is 11.2 Å².